The maximum absolute atomic E-state index is 13.8. The lowest BCUT2D eigenvalue weighted by molar-refractivity contribution is 0.0934. The van der Waals surface area contributed by atoms with Crippen molar-refractivity contribution in [3.05, 3.63) is 106 Å². The first-order valence-electron chi connectivity index (χ1n) is 11.1. The first-order chi connectivity index (χ1) is 17.4. The number of aromatic nitrogens is 6. The molecule has 1 atom stereocenters. The highest BCUT2D eigenvalue weighted by molar-refractivity contribution is 5.96. The largest absolute Gasteiger partial charge is 0.382 e. The summed E-state index contributed by atoms with van der Waals surface area (Å²) in [7, 11) is 1.82. The minimum absolute atomic E-state index is 0.0229. The Balaban J connectivity index is 1.62. The summed E-state index contributed by atoms with van der Waals surface area (Å²) in [5.74, 6) is 5.66. The van der Waals surface area contributed by atoms with E-state index in [1.807, 2.05) is 49.5 Å². The number of carbonyl (C=O) groups is 1. The number of nitrogens with two attached hydrogens (primary N) is 1. The van der Waals surface area contributed by atoms with Crippen molar-refractivity contribution in [2.45, 2.75) is 13.0 Å². The Morgan fingerprint density at radius 1 is 1.08 bits per heavy atom. The summed E-state index contributed by atoms with van der Waals surface area (Å²) < 4.78 is 4.78. The number of carbonyl (C=O) groups excluding carboxylic acids is 1. The van der Waals surface area contributed by atoms with Gasteiger partial charge in [0.15, 0.2) is 11.5 Å². The number of benzene rings is 1. The van der Waals surface area contributed by atoms with Crippen LogP contribution >= 0.6 is 0 Å². The van der Waals surface area contributed by atoms with Crippen molar-refractivity contribution in [2.75, 3.05) is 5.73 Å². The van der Waals surface area contributed by atoms with Gasteiger partial charge in [-0.15, -0.1) is 0 Å². The molecule has 178 valence electrons. The third kappa shape index (κ3) is 4.21. The molecule has 10 nitrogen and oxygen atoms in total. The molecule has 0 aliphatic rings. The van der Waals surface area contributed by atoms with Crippen LogP contribution in [0.4, 0.5) is 5.82 Å². The van der Waals surface area contributed by atoms with Crippen molar-refractivity contribution in [2.24, 2.45) is 7.05 Å². The Bertz CT molecular complexity index is 1700. The highest BCUT2D eigenvalue weighted by Gasteiger charge is 2.21. The predicted octanol–water partition coefficient (Wildman–Crippen LogP) is 2.09. The van der Waals surface area contributed by atoms with Gasteiger partial charge in [0, 0.05) is 25.6 Å². The van der Waals surface area contributed by atoms with Crippen LogP contribution in [0.25, 0.3) is 11.2 Å². The Morgan fingerprint density at radius 2 is 1.86 bits per heavy atom. The molecule has 0 fully saturated rings. The van der Waals surface area contributed by atoms with Crippen molar-refractivity contribution >= 4 is 17.2 Å². The second kappa shape index (κ2) is 9.23. The molecule has 0 saturated heterocycles. The lowest BCUT2D eigenvalue weighted by atomic mass is 10.1. The minimum Gasteiger partial charge on any atom is -0.382 e. The molecule has 1 aromatic carbocycles. The summed E-state index contributed by atoms with van der Waals surface area (Å²) in [5, 5.41) is 7.01. The molecule has 1 amide bonds. The zero-order valence-corrected chi connectivity index (χ0v) is 19.6. The number of nitrogen functional groups attached to an aromatic ring is 1. The third-order valence-electron chi connectivity index (χ3n) is 5.63. The van der Waals surface area contributed by atoms with Gasteiger partial charge in [-0.2, -0.15) is 5.10 Å². The van der Waals surface area contributed by atoms with E-state index in [0.717, 1.165) is 5.56 Å². The minimum atomic E-state index is -0.559. The van der Waals surface area contributed by atoms with E-state index in [1.54, 1.807) is 39.0 Å². The number of aryl methyl sites for hydroxylation is 1. The van der Waals surface area contributed by atoms with Gasteiger partial charge >= 0.3 is 5.69 Å². The van der Waals surface area contributed by atoms with Gasteiger partial charge in [0.25, 0.3) is 5.91 Å². The fraction of sp³-hybridized carbons (Fsp3) is 0.115. The van der Waals surface area contributed by atoms with Crippen molar-refractivity contribution in [3.8, 4) is 17.5 Å². The smallest absolute Gasteiger partial charge is 0.338 e. The van der Waals surface area contributed by atoms with Crippen LogP contribution in [-0.2, 0) is 7.05 Å². The lowest BCUT2D eigenvalue weighted by Gasteiger charge is -2.20. The van der Waals surface area contributed by atoms with E-state index in [0.29, 0.717) is 22.6 Å². The molecule has 0 bridgehead atoms. The number of fused-ring (bicyclic) bond motifs is 1. The zero-order valence-electron chi connectivity index (χ0n) is 19.6. The van der Waals surface area contributed by atoms with Crippen LogP contribution in [0.2, 0.25) is 0 Å². The molecule has 5 rings (SSSR count). The van der Waals surface area contributed by atoms with Crippen LogP contribution < -0.4 is 16.7 Å². The van der Waals surface area contributed by atoms with Crippen LogP contribution in [0.1, 0.15) is 40.4 Å². The zero-order chi connectivity index (χ0) is 25.2. The molecule has 5 aromatic rings. The number of hydrogen-bond acceptors (Lipinski definition) is 6. The Kier molecular flexibility index (Phi) is 5.80. The van der Waals surface area contributed by atoms with Crippen LogP contribution in [-0.4, -0.2) is 34.6 Å². The fourth-order valence-electron chi connectivity index (χ4n) is 3.94. The van der Waals surface area contributed by atoms with E-state index in [9.17, 15) is 9.59 Å². The topological polar surface area (TPSA) is 125 Å². The monoisotopic (exact) mass is 478 g/mol. The van der Waals surface area contributed by atoms with E-state index >= 15 is 0 Å². The molecule has 0 aliphatic heterocycles. The standard InChI is InChI=1S/C26H22N8O2/c1-17(31-25(35)23-24(27)29-13-12-28-23)22-14-21-11-10-20(9-8-18-15-30-32(2)16-18)33(21)26(36)34(22)19-6-4-3-5-7-19/h3-7,10-17H,1-2H3,(H2,27,29)(H,31,35)/t17-/m0/s1. The summed E-state index contributed by atoms with van der Waals surface area (Å²) in [6, 6.07) is 14.1. The molecule has 4 aromatic heterocycles. The molecular weight excluding hydrogens is 456 g/mol. The molecule has 0 radical (unpaired) electrons. The van der Waals surface area contributed by atoms with Gasteiger partial charge in [0.05, 0.1) is 34.7 Å². The molecular formula is C26H22N8O2. The molecule has 10 heteroatoms. The fourth-order valence-corrected chi connectivity index (χ4v) is 3.94. The van der Waals surface area contributed by atoms with Crippen molar-refractivity contribution in [1.82, 2.24) is 34.0 Å². The van der Waals surface area contributed by atoms with E-state index < -0.39 is 11.9 Å². The predicted molar refractivity (Wildman–Crippen MR) is 135 cm³/mol. The number of amides is 1. The number of anilines is 1. The highest BCUT2D eigenvalue weighted by atomic mass is 16.2. The van der Waals surface area contributed by atoms with Gasteiger partial charge in [-0.05, 0) is 43.2 Å². The molecule has 0 aliphatic carbocycles. The molecule has 3 N–H and O–H groups in total. The van der Waals surface area contributed by atoms with Gasteiger partial charge in [0.1, 0.15) is 5.69 Å². The molecule has 36 heavy (non-hydrogen) atoms. The van der Waals surface area contributed by atoms with Crippen LogP contribution in [0, 0.1) is 11.8 Å². The second-order valence-electron chi connectivity index (χ2n) is 8.14. The van der Waals surface area contributed by atoms with Crippen molar-refractivity contribution in [1.29, 1.82) is 0 Å². The number of hydrogen-bond donors (Lipinski definition) is 2. The van der Waals surface area contributed by atoms with Crippen LogP contribution in [0.15, 0.2) is 78.1 Å². The number of para-hydroxylation sites is 1. The average Bonchev–Trinajstić information content (AvgIpc) is 3.49. The Morgan fingerprint density at radius 3 is 2.58 bits per heavy atom. The second-order valence-corrected chi connectivity index (χ2v) is 8.14. The number of nitrogens with zero attached hydrogens (tertiary/aromatic N) is 6. The first-order valence-corrected chi connectivity index (χ1v) is 11.1. The van der Waals surface area contributed by atoms with Crippen LogP contribution in [0.3, 0.4) is 0 Å². The maximum atomic E-state index is 13.8. The summed E-state index contributed by atoms with van der Waals surface area (Å²) in [5.41, 5.74) is 8.70. The molecule has 4 heterocycles. The van der Waals surface area contributed by atoms with Gasteiger partial charge in [-0.3, -0.25) is 18.4 Å². The van der Waals surface area contributed by atoms with Crippen molar-refractivity contribution < 1.29 is 4.79 Å². The molecule has 0 saturated carbocycles. The van der Waals surface area contributed by atoms with E-state index in [1.165, 1.54) is 12.4 Å². The summed E-state index contributed by atoms with van der Waals surface area (Å²) in [6.45, 7) is 1.79. The van der Waals surface area contributed by atoms with E-state index in [4.69, 9.17) is 5.73 Å². The summed E-state index contributed by atoms with van der Waals surface area (Å²) in [6.07, 6.45) is 6.28. The normalized spacial score (nSPS) is 11.6. The van der Waals surface area contributed by atoms with Gasteiger partial charge < -0.3 is 11.1 Å². The molecule has 0 unspecified atom stereocenters. The summed E-state index contributed by atoms with van der Waals surface area (Å²) >= 11 is 0. The Labute approximate surface area is 206 Å². The first kappa shape index (κ1) is 22.6. The summed E-state index contributed by atoms with van der Waals surface area (Å²) in [4.78, 5) is 34.7. The maximum Gasteiger partial charge on any atom is 0.338 e. The van der Waals surface area contributed by atoms with E-state index in [2.05, 4.69) is 32.2 Å². The van der Waals surface area contributed by atoms with E-state index in [-0.39, 0.29) is 17.2 Å². The highest BCUT2D eigenvalue weighted by Crippen LogP contribution is 2.20. The third-order valence-corrected chi connectivity index (χ3v) is 5.63. The lowest BCUT2D eigenvalue weighted by Crippen LogP contribution is -2.35. The average molecular weight is 479 g/mol. The van der Waals surface area contributed by atoms with Gasteiger partial charge in [-0.25, -0.2) is 14.8 Å². The van der Waals surface area contributed by atoms with Crippen LogP contribution in [0.5, 0.6) is 0 Å². The van der Waals surface area contributed by atoms with Gasteiger partial charge in [0.2, 0.25) is 0 Å². The SMILES string of the molecule is C[C@H](NC(=O)c1nccnc1N)c1cc2ccc(C#Cc3cnn(C)c3)n2c(=O)n1-c1ccccc1. The van der Waals surface area contributed by atoms with Crippen molar-refractivity contribution in [3.63, 3.8) is 0 Å². The number of nitrogens with one attached hydrogen (secondary N) is 1. The molecule has 0 spiro atoms. The Hall–Kier alpha value is -5.17. The quantitative estimate of drug-likeness (QED) is 0.381. The van der Waals surface area contributed by atoms with Gasteiger partial charge in [-0.1, -0.05) is 24.1 Å². The number of rotatable bonds is 4.